The first-order valence-electron chi connectivity index (χ1n) is 5.19. The van der Waals surface area contributed by atoms with Crippen LogP contribution < -0.4 is 11.1 Å². The summed E-state index contributed by atoms with van der Waals surface area (Å²) in [6, 6.07) is -1.14. The van der Waals surface area contributed by atoms with E-state index in [1.54, 1.807) is 6.92 Å². The predicted octanol–water partition coefficient (Wildman–Crippen LogP) is -0.00780. The third-order valence-electron chi connectivity index (χ3n) is 2.15. The first kappa shape index (κ1) is 14.6. The van der Waals surface area contributed by atoms with Crippen molar-refractivity contribution in [3.05, 3.63) is 16.1 Å². The zero-order chi connectivity index (χ0) is 13.7. The molecule has 7 nitrogen and oxygen atoms in total. The van der Waals surface area contributed by atoms with Gasteiger partial charge < -0.3 is 20.9 Å². The maximum Gasteiger partial charge on any atom is 0.355 e. The molecule has 0 spiro atoms. The highest BCUT2D eigenvalue weighted by Crippen LogP contribution is 2.17. The van der Waals surface area contributed by atoms with Gasteiger partial charge in [-0.15, -0.1) is 11.3 Å². The lowest BCUT2D eigenvalue weighted by molar-refractivity contribution is -0.124. The van der Waals surface area contributed by atoms with Crippen LogP contribution in [0.1, 0.15) is 28.5 Å². The smallest absolute Gasteiger partial charge is 0.355 e. The summed E-state index contributed by atoms with van der Waals surface area (Å²) in [4.78, 5) is 26.2. The number of rotatable bonds is 6. The Morgan fingerprint density at radius 2 is 2.33 bits per heavy atom. The van der Waals surface area contributed by atoms with Crippen LogP contribution in [0.25, 0.3) is 0 Å². The number of nitrogens with two attached hydrogens (primary N) is 1. The molecule has 8 heteroatoms. The average molecular weight is 273 g/mol. The maximum atomic E-state index is 11.6. The molecule has 0 bridgehead atoms. The van der Waals surface area contributed by atoms with Crippen molar-refractivity contribution in [2.24, 2.45) is 5.73 Å². The van der Waals surface area contributed by atoms with Gasteiger partial charge >= 0.3 is 5.97 Å². The Morgan fingerprint density at radius 3 is 2.83 bits per heavy atom. The van der Waals surface area contributed by atoms with Crippen molar-refractivity contribution in [3.8, 4) is 0 Å². The van der Waals surface area contributed by atoms with Crippen LogP contribution in [0.3, 0.4) is 0 Å². The van der Waals surface area contributed by atoms with E-state index in [0.29, 0.717) is 5.01 Å². The monoisotopic (exact) mass is 273 g/mol. The van der Waals surface area contributed by atoms with Gasteiger partial charge in [-0.25, -0.2) is 9.78 Å². The summed E-state index contributed by atoms with van der Waals surface area (Å²) in [5.41, 5.74) is 5.53. The summed E-state index contributed by atoms with van der Waals surface area (Å²) in [7, 11) is 1.45. The van der Waals surface area contributed by atoms with Gasteiger partial charge in [0.2, 0.25) is 5.91 Å². The first-order chi connectivity index (χ1) is 8.45. The van der Waals surface area contributed by atoms with Gasteiger partial charge in [-0.2, -0.15) is 0 Å². The zero-order valence-electron chi connectivity index (χ0n) is 10.0. The Bertz CT molecular complexity index is 435. The van der Waals surface area contributed by atoms with E-state index >= 15 is 0 Å². The number of nitrogens with zero attached hydrogens (tertiary/aromatic N) is 1. The number of carboxylic acid groups (broad SMARTS) is 1. The third-order valence-corrected chi connectivity index (χ3v) is 3.18. The van der Waals surface area contributed by atoms with E-state index < -0.39 is 18.1 Å². The number of amides is 1. The lowest BCUT2D eigenvalue weighted by Crippen LogP contribution is -2.44. The Kier molecular flexibility index (Phi) is 5.20. The van der Waals surface area contributed by atoms with Gasteiger partial charge in [0.25, 0.3) is 0 Å². The van der Waals surface area contributed by atoms with E-state index in [9.17, 15) is 9.59 Å². The Balaban J connectivity index is 2.61. The normalized spacial score (nSPS) is 13.9. The van der Waals surface area contributed by atoms with Crippen LogP contribution in [-0.2, 0) is 9.53 Å². The molecule has 4 N–H and O–H groups in total. The Morgan fingerprint density at radius 1 is 1.67 bits per heavy atom. The van der Waals surface area contributed by atoms with Crippen LogP contribution in [0.4, 0.5) is 0 Å². The number of methoxy groups -OCH3 is 1. The minimum Gasteiger partial charge on any atom is -0.476 e. The van der Waals surface area contributed by atoms with Crippen molar-refractivity contribution in [1.82, 2.24) is 10.3 Å². The minimum atomic E-state index is -1.09. The number of hydrogen-bond acceptors (Lipinski definition) is 6. The van der Waals surface area contributed by atoms with Crippen LogP contribution >= 0.6 is 11.3 Å². The largest absolute Gasteiger partial charge is 0.476 e. The molecule has 1 rings (SSSR count). The third kappa shape index (κ3) is 3.76. The van der Waals surface area contributed by atoms with Crippen LogP contribution in [0.2, 0.25) is 0 Å². The molecule has 1 amide bonds. The molecule has 100 valence electrons. The standard InChI is InChI=1S/C10H15N3O4S/c1-5(12-8(14)6(11)3-17-2)9-13-7(4-18-9)10(15)16/h4-6H,3,11H2,1-2H3,(H,12,14)(H,15,16). The molecule has 1 heterocycles. The predicted molar refractivity (Wildman–Crippen MR) is 65.5 cm³/mol. The molecule has 0 aliphatic rings. The highest BCUT2D eigenvalue weighted by Gasteiger charge is 2.19. The van der Waals surface area contributed by atoms with Gasteiger partial charge in [0.15, 0.2) is 5.69 Å². The average Bonchev–Trinajstić information content (AvgIpc) is 2.78. The lowest BCUT2D eigenvalue weighted by atomic mass is 10.2. The van der Waals surface area contributed by atoms with Crippen molar-refractivity contribution < 1.29 is 19.4 Å². The van der Waals surface area contributed by atoms with Crippen LogP contribution in [0.15, 0.2) is 5.38 Å². The van der Waals surface area contributed by atoms with E-state index in [-0.39, 0.29) is 18.2 Å². The first-order valence-corrected chi connectivity index (χ1v) is 6.07. The Labute approximate surface area is 108 Å². The van der Waals surface area contributed by atoms with Crippen LogP contribution in [-0.4, -0.2) is 41.7 Å². The maximum absolute atomic E-state index is 11.6. The number of nitrogens with one attached hydrogen (secondary N) is 1. The molecular formula is C10H15N3O4S. The van der Waals surface area contributed by atoms with E-state index in [0.717, 1.165) is 0 Å². The summed E-state index contributed by atoms with van der Waals surface area (Å²) in [6.07, 6.45) is 0. The second-order valence-corrected chi connectivity index (χ2v) is 4.56. The van der Waals surface area contributed by atoms with Crippen LogP contribution in [0, 0.1) is 0 Å². The molecule has 1 aromatic heterocycles. The molecule has 0 fully saturated rings. The SMILES string of the molecule is COCC(N)C(=O)NC(C)c1nc(C(=O)O)cs1. The molecule has 0 radical (unpaired) electrons. The fraction of sp³-hybridized carbons (Fsp3) is 0.500. The summed E-state index contributed by atoms with van der Waals surface area (Å²) < 4.78 is 4.77. The van der Waals surface area contributed by atoms with E-state index in [1.165, 1.54) is 23.8 Å². The molecule has 2 unspecified atom stereocenters. The highest BCUT2D eigenvalue weighted by molar-refractivity contribution is 7.09. The van der Waals surface area contributed by atoms with Crippen molar-refractivity contribution >= 4 is 23.2 Å². The van der Waals surface area contributed by atoms with Crippen molar-refractivity contribution in [2.45, 2.75) is 19.0 Å². The van der Waals surface area contributed by atoms with Gasteiger partial charge in [-0.3, -0.25) is 4.79 Å². The number of carbonyl (C=O) groups is 2. The highest BCUT2D eigenvalue weighted by atomic mass is 32.1. The summed E-state index contributed by atoms with van der Waals surface area (Å²) in [6.45, 7) is 1.83. The van der Waals surface area contributed by atoms with E-state index in [1.807, 2.05) is 0 Å². The van der Waals surface area contributed by atoms with E-state index in [4.69, 9.17) is 15.6 Å². The van der Waals surface area contributed by atoms with E-state index in [2.05, 4.69) is 10.3 Å². The molecule has 2 atom stereocenters. The topological polar surface area (TPSA) is 115 Å². The number of carbonyl (C=O) groups excluding carboxylic acids is 1. The number of aromatic carboxylic acids is 1. The van der Waals surface area contributed by atoms with Gasteiger partial charge in [0.05, 0.1) is 12.6 Å². The van der Waals surface area contributed by atoms with Gasteiger partial charge in [-0.05, 0) is 6.92 Å². The number of ether oxygens (including phenoxy) is 1. The number of aromatic nitrogens is 1. The van der Waals surface area contributed by atoms with Crippen molar-refractivity contribution in [3.63, 3.8) is 0 Å². The molecule has 1 aromatic rings. The van der Waals surface area contributed by atoms with Gasteiger partial charge in [-0.1, -0.05) is 0 Å². The zero-order valence-corrected chi connectivity index (χ0v) is 10.9. The van der Waals surface area contributed by atoms with Gasteiger partial charge in [0.1, 0.15) is 11.0 Å². The molecule has 0 aliphatic heterocycles. The molecule has 0 saturated heterocycles. The molecule has 0 aromatic carbocycles. The number of carboxylic acids is 1. The lowest BCUT2D eigenvalue weighted by Gasteiger charge is -2.15. The van der Waals surface area contributed by atoms with Crippen LogP contribution in [0.5, 0.6) is 0 Å². The Hall–Kier alpha value is -1.51. The quantitative estimate of drug-likeness (QED) is 0.671. The fourth-order valence-electron chi connectivity index (χ4n) is 1.22. The van der Waals surface area contributed by atoms with Crippen molar-refractivity contribution in [1.29, 1.82) is 0 Å². The molecular weight excluding hydrogens is 258 g/mol. The molecule has 0 aliphatic carbocycles. The summed E-state index contributed by atoms with van der Waals surface area (Å²) in [5, 5.41) is 13.3. The van der Waals surface area contributed by atoms with Crippen molar-refractivity contribution in [2.75, 3.05) is 13.7 Å². The second-order valence-electron chi connectivity index (χ2n) is 3.67. The second kappa shape index (κ2) is 6.43. The number of hydrogen-bond donors (Lipinski definition) is 3. The summed E-state index contributed by atoms with van der Waals surface area (Å²) in [5.74, 6) is -1.46. The number of thiazole rings is 1. The minimum absolute atomic E-state index is 0.0303. The fourth-order valence-corrected chi connectivity index (χ4v) is 2.02. The molecule has 18 heavy (non-hydrogen) atoms. The van der Waals surface area contributed by atoms with Gasteiger partial charge in [0, 0.05) is 12.5 Å². The molecule has 0 saturated carbocycles. The summed E-state index contributed by atoms with van der Waals surface area (Å²) >= 11 is 1.17.